The van der Waals surface area contributed by atoms with Gasteiger partial charge in [-0.05, 0) is 34.3 Å². The summed E-state index contributed by atoms with van der Waals surface area (Å²) in [6, 6.07) is 1.05. The summed E-state index contributed by atoms with van der Waals surface area (Å²) in [5, 5.41) is 2.77. The molecule has 2 rings (SSSR count). The molecule has 1 aromatic rings. The lowest BCUT2D eigenvalue weighted by Gasteiger charge is -2.13. The zero-order valence-corrected chi connectivity index (χ0v) is 10.6. The second kappa shape index (κ2) is 4.84. The Labute approximate surface area is 106 Å². The number of rotatable bonds is 4. The molecule has 0 aromatic carbocycles. The van der Waals surface area contributed by atoms with Gasteiger partial charge < -0.3 is 5.32 Å². The summed E-state index contributed by atoms with van der Waals surface area (Å²) in [7, 11) is 0. The highest BCUT2D eigenvalue weighted by molar-refractivity contribution is 9.10. The molecule has 0 aliphatic heterocycles. The Bertz CT molecular complexity index is 402. The number of halogens is 4. The van der Waals surface area contributed by atoms with E-state index in [0.717, 1.165) is 12.5 Å². The van der Waals surface area contributed by atoms with Gasteiger partial charge in [0.1, 0.15) is 5.82 Å². The lowest BCUT2D eigenvalue weighted by Crippen LogP contribution is -2.13. The minimum Gasteiger partial charge on any atom is -0.370 e. The van der Waals surface area contributed by atoms with Crippen LogP contribution in [0.3, 0.4) is 0 Å². The van der Waals surface area contributed by atoms with E-state index >= 15 is 0 Å². The molecule has 1 heterocycles. The van der Waals surface area contributed by atoms with E-state index in [0.29, 0.717) is 16.9 Å². The van der Waals surface area contributed by atoms with Crippen LogP contribution in [0.2, 0.25) is 0 Å². The molecule has 0 atom stereocenters. The molecular formula is C11H12BrF3N2. The number of pyridine rings is 1. The molecule has 0 bridgehead atoms. The van der Waals surface area contributed by atoms with Crippen molar-refractivity contribution in [2.24, 2.45) is 5.92 Å². The maximum atomic E-state index is 12.7. The van der Waals surface area contributed by atoms with Crippen LogP contribution in [0.15, 0.2) is 16.7 Å². The molecule has 0 radical (unpaired) electrons. The van der Waals surface area contributed by atoms with Gasteiger partial charge in [-0.3, -0.25) is 0 Å². The van der Waals surface area contributed by atoms with Crippen LogP contribution in [0.4, 0.5) is 19.0 Å². The van der Waals surface area contributed by atoms with E-state index in [-0.39, 0.29) is 5.82 Å². The molecule has 0 saturated heterocycles. The quantitative estimate of drug-likeness (QED) is 0.906. The molecule has 1 aliphatic rings. The minimum absolute atomic E-state index is 0.0821. The summed E-state index contributed by atoms with van der Waals surface area (Å²) in [6.07, 6.45) is 0.297. The second-order valence-corrected chi connectivity index (χ2v) is 5.12. The van der Waals surface area contributed by atoms with Crippen LogP contribution in [0, 0.1) is 5.92 Å². The normalized spacial score (nSPS) is 16.0. The van der Waals surface area contributed by atoms with Crippen molar-refractivity contribution in [3.63, 3.8) is 0 Å². The Balaban J connectivity index is 2.08. The Kier molecular flexibility index (Phi) is 3.61. The van der Waals surface area contributed by atoms with Gasteiger partial charge in [-0.25, -0.2) is 4.98 Å². The number of hydrogen-bond donors (Lipinski definition) is 1. The van der Waals surface area contributed by atoms with Crippen LogP contribution in [-0.4, -0.2) is 11.5 Å². The highest BCUT2D eigenvalue weighted by Crippen LogP contribution is 2.36. The van der Waals surface area contributed by atoms with Gasteiger partial charge in [0.25, 0.3) is 0 Å². The lowest BCUT2D eigenvalue weighted by atomic mass is 10.2. The zero-order valence-electron chi connectivity index (χ0n) is 9.02. The molecule has 1 N–H and O–H groups in total. The molecule has 94 valence electrons. The zero-order chi connectivity index (χ0) is 12.5. The van der Waals surface area contributed by atoms with E-state index < -0.39 is 11.7 Å². The number of alkyl halides is 3. The summed E-state index contributed by atoms with van der Waals surface area (Å²) < 4.78 is 38.5. The minimum atomic E-state index is -4.38. The van der Waals surface area contributed by atoms with E-state index in [1.54, 1.807) is 0 Å². The van der Waals surface area contributed by atoms with Gasteiger partial charge in [-0.15, -0.1) is 0 Å². The Morgan fingerprint density at radius 1 is 1.41 bits per heavy atom. The first-order valence-corrected chi connectivity index (χ1v) is 6.23. The number of aromatic nitrogens is 1. The maximum absolute atomic E-state index is 12.7. The van der Waals surface area contributed by atoms with Crippen LogP contribution < -0.4 is 5.32 Å². The van der Waals surface area contributed by atoms with Crippen molar-refractivity contribution in [2.45, 2.75) is 25.4 Å². The van der Waals surface area contributed by atoms with E-state index in [1.165, 1.54) is 19.0 Å². The second-order valence-electron chi connectivity index (χ2n) is 4.21. The van der Waals surface area contributed by atoms with Gasteiger partial charge in [0.2, 0.25) is 0 Å². The van der Waals surface area contributed by atoms with Crippen molar-refractivity contribution in [3.8, 4) is 0 Å². The van der Waals surface area contributed by atoms with E-state index in [2.05, 4.69) is 26.2 Å². The van der Waals surface area contributed by atoms with Gasteiger partial charge >= 0.3 is 6.18 Å². The number of nitrogens with zero attached hydrogens (tertiary/aromatic N) is 1. The van der Waals surface area contributed by atoms with E-state index in [9.17, 15) is 13.2 Å². The van der Waals surface area contributed by atoms with Crippen LogP contribution in [0.1, 0.15) is 24.8 Å². The lowest BCUT2D eigenvalue weighted by molar-refractivity contribution is -0.137. The summed E-state index contributed by atoms with van der Waals surface area (Å²) >= 11 is 3.00. The molecule has 1 aliphatic carbocycles. The first-order valence-electron chi connectivity index (χ1n) is 5.43. The summed E-state index contributed by atoms with van der Waals surface area (Å²) in [5.41, 5.74) is -0.720. The van der Waals surface area contributed by atoms with Gasteiger partial charge in [-0.2, -0.15) is 13.2 Å². The van der Waals surface area contributed by atoms with Crippen LogP contribution in [0.25, 0.3) is 0 Å². The monoisotopic (exact) mass is 308 g/mol. The highest BCUT2D eigenvalue weighted by Gasteiger charge is 2.34. The SMILES string of the molecule is FC(F)(F)c1cc(Br)cnc1NCCC1CC1. The van der Waals surface area contributed by atoms with Crippen LogP contribution in [0.5, 0.6) is 0 Å². The molecule has 0 unspecified atom stereocenters. The Morgan fingerprint density at radius 2 is 2.12 bits per heavy atom. The predicted octanol–water partition coefficient (Wildman–Crippen LogP) is 4.07. The molecular weight excluding hydrogens is 297 g/mol. The van der Waals surface area contributed by atoms with E-state index in [1.807, 2.05) is 0 Å². The Morgan fingerprint density at radius 3 is 2.71 bits per heavy atom. The smallest absolute Gasteiger partial charge is 0.370 e. The molecule has 1 saturated carbocycles. The first-order chi connectivity index (χ1) is 7.97. The first kappa shape index (κ1) is 12.7. The van der Waals surface area contributed by atoms with Gasteiger partial charge in [0, 0.05) is 17.2 Å². The largest absolute Gasteiger partial charge is 0.419 e. The molecule has 0 spiro atoms. The van der Waals surface area contributed by atoms with Gasteiger partial charge in [0.05, 0.1) is 5.56 Å². The van der Waals surface area contributed by atoms with Crippen molar-refractivity contribution in [3.05, 3.63) is 22.3 Å². The summed E-state index contributed by atoms with van der Waals surface area (Å²) in [6.45, 7) is 0.544. The topological polar surface area (TPSA) is 24.9 Å². The molecule has 0 amide bonds. The van der Waals surface area contributed by atoms with Gasteiger partial charge in [-0.1, -0.05) is 12.8 Å². The average Bonchev–Trinajstić information content (AvgIpc) is 3.02. The van der Waals surface area contributed by atoms with Crippen molar-refractivity contribution in [1.82, 2.24) is 4.98 Å². The third kappa shape index (κ3) is 3.59. The number of anilines is 1. The van der Waals surface area contributed by atoms with Crippen LogP contribution >= 0.6 is 15.9 Å². The molecule has 6 heteroatoms. The van der Waals surface area contributed by atoms with Crippen molar-refractivity contribution < 1.29 is 13.2 Å². The maximum Gasteiger partial charge on any atom is 0.419 e. The standard InChI is InChI=1S/C11H12BrF3N2/c12-8-5-9(11(13,14)15)10(17-6-8)16-4-3-7-1-2-7/h5-7H,1-4H2,(H,16,17). The molecule has 1 aromatic heterocycles. The summed E-state index contributed by atoms with van der Waals surface area (Å²) in [5.74, 6) is 0.605. The fraction of sp³-hybridized carbons (Fsp3) is 0.545. The fourth-order valence-electron chi connectivity index (χ4n) is 1.60. The predicted molar refractivity (Wildman–Crippen MR) is 62.8 cm³/mol. The number of hydrogen-bond acceptors (Lipinski definition) is 2. The Hall–Kier alpha value is -0.780. The number of nitrogens with one attached hydrogen (secondary N) is 1. The van der Waals surface area contributed by atoms with Crippen LogP contribution in [-0.2, 0) is 6.18 Å². The fourth-order valence-corrected chi connectivity index (χ4v) is 1.93. The average molecular weight is 309 g/mol. The molecule has 2 nitrogen and oxygen atoms in total. The van der Waals surface area contributed by atoms with Gasteiger partial charge in [0.15, 0.2) is 0 Å². The molecule has 17 heavy (non-hydrogen) atoms. The molecule has 1 fully saturated rings. The summed E-state index contributed by atoms with van der Waals surface area (Å²) in [4.78, 5) is 3.78. The third-order valence-electron chi connectivity index (χ3n) is 2.70. The highest BCUT2D eigenvalue weighted by atomic mass is 79.9. The van der Waals surface area contributed by atoms with E-state index in [4.69, 9.17) is 0 Å². The third-order valence-corrected chi connectivity index (χ3v) is 3.14. The van der Waals surface area contributed by atoms with Crippen molar-refractivity contribution in [2.75, 3.05) is 11.9 Å². The van der Waals surface area contributed by atoms with Crippen molar-refractivity contribution >= 4 is 21.7 Å². The van der Waals surface area contributed by atoms with Crippen molar-refractivity contribution in [1.29, 1.82) is 0 Å².